The lowest BCUT2D eigenvalue weighted by atomic mass is 10.0. The first-order chi connectivity index (χ1) is 19.9. The number of carbonyl (C=O) groups is 1. The summed E-state index contributed by atoms with van der Waals surface area (Å²) in [4.78, 5) is 28.2. The Labute approximate surface area is 241 Å². The monoisotopic (exact) mass is 610 g/mol. The second kappa shape index (κ2) is 14.5. The number of nitrogens with one attached hydrogen (secondary N) is 1. The third kappa shape index (κ3) is 8.66. The van der Waals surface area contributed by atoms with E-state index in [2.05, 4.69) is 10.1 Å². The topological polar surface area (TPSA) is 164 Å². The highest BCUT2D eigenvalue weighted by Gasteiger charge is 2.50. The van der Waals surface area contributed by atoms with E-state index < -0.39 is 56.2 Å². The van der Waals surface area contributed by atoms with Gasteiger partial charge in [-0.25, -0.2) is 18.1 Å². The van der Waals surface area contributed by atoms with Crippen molar-refractivity contribution in [1.82, 2.24) is 14.6 Å². The fraction of sp³-hybridized carbons (Fsp3) is 0.370. The molecule has 228 valence electrons. The molecule has 15 heteroatoms. The Hall–Kier alpha value is -3.68. The van der Waals surface area contributed by atoms with Crippen molar-refractivity contribution in [2.24, 2.45) is 0 Å². The third-order valence-corrected chi connectivity index (χ3v) is 7.83. The van der Waals surface area contributed by atoms with Gasteiger partial charge in [0, 0.05) is 13.3 Å². The van der Waals surface area contributed by atoms with Gasteiger partial charge in [-0.3, -0.25) is 13.9 Å². The van der Waals surface area contributed by atoms with Gasteiger partial charge in [-0.15, -0.1) is 0 Å². The van der Waals surface area contributed by atoms with Crippen LogP contribution in [0.4, 0.5) is 14.6 Å². The van der Waals surface area contributed by atoms with Gasteiger partial charge in [-0.1, -0.05) is 48.5 Å². The van der Waals surface area contributed by atoms with Gasteiger partial charge in [0.1, 0.15) is 42.5 Å². The Balaban J connectivity index is 1.74. The van der Waals surface area contributed by atoms with Crippen LogP contribution >= 0.6 is 7.75 Å². The van der Waals surface area contributed by atoms with Gasteiger partial charge < -0.3 is 24.8 Å². The fourth-order valence-corrected chi connectivity index (χ4v) is 5.22. The number of methoxy groups -OCH3 is 1. The number of alkyl halides is 2. The van der Waals surface area contributed by atoms with E-state index in [0.717, 1.165) is 31.9 Å². The highest BCUT2D eigenvalue weighted by atomic mass is 31.2. The molecule has 2 aromatic carbocycles. The summed E-state index contributed by atoms with van der Waals surface area (Å²) in [6.45, 7) is 1.45. The van der Waals surface area contributed by atoms with E-state index in [1.54, 1.807) is 48.5 Å². The molecule has 0 amide bonds. The Morgan fingerprint density at radius 2 is 1.74 bits per heavy atom. The van der Waals surface area contributed by atoms with E-state index in [0.29, 0.717) is 4.57 Å². The first kappa shape index (κ1) is 32.8. The third-order valence-electron chi connectivity index (χ3n) is 6.18. The number of esters is 1. The van der Waals surface area contributed by atoms with Gasteiger partial charge >= 0.3 is 19.4 Å². The number of carbonyl (C=O) groups excluding carboxylic acids is 1. The maximum Gasteiger partial charge on any atom is 0.459 e. The average molecular weight is 611 g/mol. The summed E-state index contributed by atoms with van der Waals surface area (Å²) < 4.78 is 66.3. The molecule has 12 nitrogen and oxygen atoms in total. The number of ether oxygens (including phenoxy) is 2. The predicted octanol–water partition coefficient (Wildman–Crippen LogP) is 3.32. The molecule has 0 aliphatic rings. The number of rotatable bonds is 15. The summed E-state index contributed by atoms with van der Waals surface area (Å²) in [6, 6.07) is 14.7. The fourth-order valence-electron chi connectivity index (χ4n) is 3.71. The molecule has 3 rings (SSSR count). The lowest BCUT2D eigenvalue weighted by Crippen LogP contribution is -2.51. The molecule has 0 fully saturated rings. The van der Waals surface area contributed by atoms with Crippen LogP contribution in [0, 0.1) is 0 Å². The Morgan fingerprint density at radius 3 is 2.33 bits per heavy atom. The minimum absolute atomic E-state index is 0.0474. The summed E-state index contributed by atoms with van der Waals surface area (Å²) in [6.07, 6.45) is -3.27. The molecule has 3 aromatic rings. The van der Waals surface area contributed by atoms with Crippen molar-refractivity contribution in [3.8, 4) is 5.75 Å². The van der Waals surface area contributed by atoms with Crippen LogP contribution in [0.3, 0.4) is 0 Å². The van der Waals surface area contributed by atoms with Gasteiger partial charge in [0.25, 0.3) is 5.92 Å². The highest BCUT2D eigenvalue weighted by Crippen LogP contribution is 2.45. The molecule has 42 heavy (non-hydrogen) atoms. The minimum Gasteiger partial charge on any atom is -0.460 e. The Bertz CT molecular complexity index is 1410. The number of hydrogen-bond acceptors (Lipinski definition) is 10. The van der Waals surface area contributed by atoms with Crippen molar-refractivity contribution in [2.75, 3.05) is 19.5 Å². The average Bonchev–Trinajstić information content (AvgIpc) is 2.96. The maximum atomic E-state index is 15.3. The van der Waals surface area contributed by atoms with Gasteiger partial charge in [-0.2, -0.15) is 10.1 Å². The molecule has 0 bridgehead atoms. The Kier molecular flexibility index (Phi) is 11.3. The summed E-state index contributed by atoms with van der Waals surface area (Å²) >= 11 is 0. The number of halogens is 2. The first-order valence-corrected chi connectivity index (χ1v) is 14.3. The van der Waals surface area contributed by atoms with Crippen LogP contribution in [0.2, 0.25) is 0 Å². The van der Waals surface area contributed by atoms with Crippen molar-refractivity contribution < 1.29 is 41.8 Å². The maximum absolute atomic E-state index is 15.3. The zero-order valence-corrected chi connectivity index (χ0v) is 24.0. The van der Waals surface area contributed by atoms with Crippen molar-refractivity contribution in [1.29, 1.82) is 0 Å². The largest absolute Gasteiger partial charge is 0.460 e. The molecule has 0 spiro atoms. The van der Waals surface area contributed by atoms with Crippen molar-refractivity contribution in [3.05, 3.63) is 89.0 Å². The molecule has 0 radical (unpaired) electrons. The number of aliphatic hydroxyl groups excluding tert-OH is 1. The van der Waals surface area contributed by atoms with Crippen LogP contribution in [0.15, 0.2) is 77.7 Å². The zero-order chi connectivity index (χ0) is 30.9. The van der Waals surface area contributed by atoms with Gasteiger partial charge in [-0.05, 0) is 37.6 Å². The van der Waals surface area contributed by atoms with Crippen LogP contribution in [0.5, 0.6) is 5.75 Å². The van der Waals surface area contributed by atoms with Crippen molar-refractivity contribution >= 4 is 19.5 Å². The summed E-state index contributed by atoms with van der Waals surface area (Å²) in [5.74, 6) is -4.82. The number of anilines is 1. The second-order valence-corrected chi connectivity index (χ2v) is 10.9. The molecule has 0 saturated heterocycles. The van der Waals surface area contributed by atoms with Crippen molar-refractivity contribution in [3.63, 3.8) is 0 Å². The van der Waals surface area contributed by atoms with Crippen LogP contribution in [0.25, 0.3) is 0 Å². The molecule has 3 unspecified atom stereocenters. The molecule has 5 atom stereocenters. The lowest BCUT2D eigenvalue weighted by Gasteiger charge is -2.33. The standard InChI is InChI=1S/C27H33F2N4O8P/c1-18(25(35)39-16-20-10-6-4-7-11-20)32-42(37,41-21-12-8-5-9-13-21)40-17-22(38-3)24(34)27(28,29)19(2)33-15-14-23(30)31-26(33)36/h4-15,18-19,22,24,34H,16-17H2,1-3H3,(H,32,37)(H2,30,31,36)/t18-,19+,22?,24?,42?/m0/s1. The minimum atomic E-state index is -4.47. The smallest absolute Gasteiger partial charge is 0.459 e. The molecule has 1 aromatic heterocycles. The van der Waals surface area contributed by atoms with Gasteiger partial charge in [0.15, 0.2) is 0 Å². The number of nitrogen functional groups attached to an aromatic ring is 1. The molecular weight excluding hydrogens is 577 g/mol. The van der Waals surface area contributed by atoms with Crippen LogP contribution in [0.1, 0.15) is 25.5 Å². The van der Waals surface area contributed by atoms with E-state index >= 15 is 8.78 Å². The van der Waals surface area contributed by atoms with E-state index in [9.17, 15) is 19.3 Å². The zero-order valence-electron chi connectivity index (χ0n) is 23.1. The Morgan fingerprint density at radius 1 is 1.12 bits per heavy atom. The van der Waals surface area contributed by atoms with E-state index in [1.165, 1.54) is 19.1 Å². The van der Waals surface area contributed by atoms with E-state index in [-0.39, 0.29) is 18.2 Å². The number of nitrogens with two attached hydrogens (primary N) is 1. The molecule has 1 heterocycles. The summed E-state index contributed by atoms with van der Waals surface area (Å²) in [5.41, 5.74) is 5.11. The number of benzene rings is 2. The first-order valence-electron chi connectivity index (χ1n) is 12.8. The van der Waals surface area contributed by atoms with E-state index in [1.807, 2.05) is 0 Å². The van der Waals surface area contributed by atoms with Crippen LogP contribution in [-0.4, -0.2) is 58.5 Å². The SMILES string of the molecule is COC(COP(=O)(N[C@@H](C)C(=O)OCc1ccccc1)Oc1ccccc1)C(O)C(F)(F)[C@@H](C)n1ccc(N)nc1=O. The normalized spacial score (nSPS) is 16.0. The van der Waals surface area contributed by atoms with Crippen LogP contribution in [-0.2, 0) is 30.0 Å². The molecule has 0 aliphatic heterocycles. The second-order valence-electron chi connectivity index (χ2n) is 9.25. The predicted molar refractivity (Wildman–Crippen MR) is 149 cm³/mol. The number of nitrogens with zero attached hydrogens (tertiary/aromatic N) is 2. The number of para-hydroxylation sites is 1. The summed E-state index contributed by atoms with van der Waals surface area (Å²) in [7, 11) is -3.43. The molecule has 0 saturated carbocycles. The number of aromatic nitrogens is 2. The number of hydrogen-bond donors (Lipinski definition) is 3. The highest BCUT2D eigenvalue weighted by molar-refractivity contribution is 7.52. The summed E-state index contributed by atoms with van der Waals surface area (Å²) in [5, 5.41) is 13.1. The molecule has 0 aliphatic carbocycles. The number of aliphatic hydroxyl groups is 1. The van der Waals surface area contributed by atoms with Crippen molar-refractivity contribution in [2.45, 2.75) is 50.7 Å². The van der Waals surface area contributed by atoms with Gasteiger partial charge in [0.2, 0.25) is 0 Å². The lowest BCUT2D eigenvalue weighted by molar-refractivity contribution is -0.186. The molecular formula is C27H33F2N4O8P. The van der Waals surface area contributed by atoms with Crippen LogP contribution < -0.4 is 21.0 Å². The van der Waals surface area contributed by atoms with E-state index in [4.69, 9.17) is 24.3 Å². The quantitative estimate of drug-likeness (QED) is 0.171. The van der Waals surface area contributed by atoms with Gasteiger partial charge in [0.05, 0.1) is 6.61 Å². The molecule has 4 N–H and O–H groups in total.